The van der Waals surface area contributed by atoms with Crippen LogP contribution in [0, 0.1) is 11.3 Å². The van der Waals surface area contributed by atoms with Gasteiger partial charge in [0.1, 0.15) is 0 Å². The van der Waals surface area contributed by atoms with Gasteiger partial charge in [-0.1, -0.05) is 156 Å². The van der Waals surface area contributed by atoms with Crippen molar-refractivity contribution in [1.82, 2.24) is 0 Å². The highest BCUT2D eigenvalue weighted by Gasteiger charge is 2.41. The summed E-state index contributed by atoms with van der Waals surface area (Å²) >= 11 is 0. The van der Waals surface area contributed by atoms with Crippen LogP contribution in [0.3, 0.4) is 0 Å². The normalized spacial score (nSPS) is 12.6. The molecular weight excluding hydrogens is 472 g/mol. The van der Waals surface area contributed by atoms with Gasteiger partial charge < -0.3 is 10.2 Å². The van der Waals surface area contributed by atoms with E-state index in [1.165, 1.54) is 116 Å². The number of aliphatic carboxylic acids is 2. The average molecular weight is 539 g/mol. The lowest BCUT2D eigenvalue weighted by Gasteiger charge is -2.40. The van der Waals surface area contributed by atoms with E-state index in [1.54, 1.807) is 0 Å². The van der Waals surface area contributed by atoms with Gasteiger partial charge in [-0.25, -0.2) is 0 Å². The fourth-order valence-corrected chi connectivity index (χ4v) is 6.35. The molecule has 1 unspecified atom stereocenters. The fraction of sp³-hybridized carbons (Fsp3) is 0.941. The van der Waals surface area contributed by atoms with Crippen LogP contribution in [0.5, 0.6) is 0 Å². The van der Waals surface area contributed by atoms with Gasteiger partial charge in [0.05, 0.1) is 5.92 Å². The second-order valence-electron chi connectivity index (χ2n) is 12.2. The highest BCUT2D eigenvalue weighted by Crippen LogP contribution is 2.46. The number of rotatable bonds is 30. The van der Waals surface area contributed by atoms with E-state index in [0.29, 0.717) is 12.8 Å². The summed E-state index contributed by atoms with van der Waals surface area (Å²) in [5.41, 5.74) is -0.180. The highest BCUT2D eigenvalue weighted by atomic mass is 16.4. The minimum atomic E-state index is -0.814. The summed E-state index contributed by atoms with van der Waals surface area (Å²) in [6.07, 6.45) is 30.3. The Labute approximate surface area is 237 Å². The second kappa shape index (κ2) is 26.2. The Morgan fingerprint density at radius 3 is 1.11 bits per heavy atom. The summed E-state index contributed by atoms with van der Waals surface area (Å²) in [7, 11) is 0. The first-order chi connectivity index (χ1) is 18.4. The molecule has 0 aromatic carbocycles. The number of carbonyl (C=O) groups is 2. The second-order valence-corrected chi connectivity index (χ2v) is 12.2. The van der Waals surface area contributed by atoms with Gasteiger partial charge in [-0.3, -0.25) is 9.59 Å². The standard InChI is InChI=1S/C34H66O4/c1-4-7-10-13-16-17-18-21-24-30-34(28-22-19-14-11-8-5-2,29-23-20-15-12-9-6-3)31(33(37)38)26-25-27-32(35)36/h31H,4-30H2,1-3H3,(H,35,36)(H,37,38). The van der Waals surface area contributed by atoms with Gasteiger partial charge in [-0.15, -0.1) is 0 Å². The molecule has 38 heavy (non-hydrogen) atoms. The Kier molecular flexibility index (Phi) is 25.4. The van der Waals surface area contributed by atoms with E-state index in [1.807, 2.05) is 0 Å². The van der Waals surface area contributed by atoms with Crippen molar-refractivity contribution in [2.24, 2.45) is 11.3 Å². The molecule has 0 bridgehead atoms. The topological polar surface area (TPSA) is 74.6 Å². The third-order valence-corrected chi connectivity index (χ3v) is 8.76. The lowest BCUT2D eigenvalue weighted by atomic mass is 9.64. The van der Waals surface area contributed by atoms with Crippen LogP contribution in [0.1, 0.15) is 194 Å². The number of carboxylic acid groups (broad SMARTS) is 2. The Balaban J connectivity index is 5.31. The molecule has 4 heteroatoms. The highest BCUT2D eigenvalue weighted by molar-refractivity contribution is 5.71. The molecule has 4 nitrogen and oxygen atoms in total. The molecule has 2 N–H and O–H groups in total. The van der Waals surface area contributed by atoms with Crippen LogP contribution in [0.15, 0.2) is 0 Å². The maximum Gasteiger partial charge on any atom is 0.307 e. The molecule has 0 aliphatic heterocycles. The van der Waals surface area contributed by atoms with E-state index in [2.05, 4.69) is 20.8 Å². The Hall–Kier alpha value is -1.06. The van der Waals surface area contributed by atoms with Crippen molar-refractivity contribution in [3.05, 3.63) is 0 Å². The van der Waals surface area contributed by atoms with Crippen LogP contribution in [-0.4, -0.2) is 22.2 Å². The van der Waals surface area contributed by atoms with Crippen LogP contribution in [0.4, 0.5) is 0 Å². The fourth-order valence-electron chi connectivity index (χ4n) is 6.35. The molecule has 0 aromatic heterocycles. The predicted octanol–water partition coefficient (Wildman–Crippen LogP) is 11.4. The summed E-state index contributed by atoms with van der Waals surface area (Å²) in [6, 6.07) is 0. The van der Waals surface area contributed by atoms with E-state index in [9.17, 15) is 19.8 Å². The van der Waals surface area contributed by atoms with E-state index in [-0.39, 0.29) is 11.8 Å². The van der Waals surface area contributed by atoms with Crippen LogP contribution in [-0.2, 0) is 9.59 Å². The minimum absolute atomic E-state index is 0.0753. The van der Waals surface area contributed by atoms with Gasteiger partial charge >= 0.3 is 11.9 Å². The van der Waals surface area contributed by atoms with Crippen LogP contribution in [0.2, 0.25) is 0 Å². The first-order valence-electron chi connectivity index (χ1n) is 16.9. The zero-order valence-corrected chi connectivity index (χ0v) is 25.9. The van der Waals surface area contributed by atoms with Crippen molar-refractivity contribution in [1.29, 1.82) is 0 Å². The largest absolute Gasteiger partial charge is 0.481 e. The SMILES string of the molecule is CCCCCCCCCCCC(CCCCCCCC)(CCCCCCCC)C(CCCC(=O)O)C(=O)O. The third kappa shape index (κ3) is 19.9. The van der Waals surface area contributed by atoms with E-state index >= 15 is 0 Å². The van der Waals surface area contributed by atoms with Crippen LogP contribution < -0.4 is 0 Å². The molecule has 226 valence electrons. The molecule has 0 aliphatic rings. The van der Waals surface area contributed by atoms with E-state index in [4.69, 9.17) is 0 Å². The van der Waals surface area contributed by atoms with E-state index in [0.717, 1.165) is 38.5 Å². The number of hydrogen-bond donors (Lipinski definition) is 2. The van der Waals surface area contributed by atoms with Crippen molar-refractivity contribution in [3.8, 4) is 0 Å². The van der Waals surface area contributed by atoms with Crippen molar-refractivity contribution in [2.75, 3.05) is 0 Å². The molecule has 0 radical (unpaired) electrons. The average Bonchev–Trinajstić information content (AvgIpc) is 2.89. The monoisotopic (exact) mass is 538 g/mol. The third-order valence-electron chi connectivity index (χ3n) is 8.76. The van der Waals surface area contributed by atoms with Crippen LogP contribution in [0.25, 0.3) is 0 Å². The molecule has 0 saturated heterocycles. The van der Waals surface area contributed by atoms with Crippen molar-refractivity contribution >= 4 is 11.9 Å². The predicted molar refractivity (Wildman–Crippen MR) is 163 cm³/mol. The molecule has 0 amide bonds. The van der Waals surface area contributed by atoms with Crippen molar-refractivity contribution in [2.45, 2.75) is 194 Å². The quantitative estimate of drug-likeness (QED) is 0.0892. The number of hydrogen-bond acceptors (Lipinski definition) is 2. The first kappa shape index (κ1) is 36.9. The van der Waals surface area contributed by atoms with Gasteiger partial charge in [0.15, 0.2) is 0 Å². The minimum Gasteiger partial charge on any atom is -0.481 e. The number of carboxylic acids is 2. The Morgan fingerprint density at radius 1 is 0.500 bits per heavy atom. The summed E-state index contributed by atoms with van der Waals surface area (Å²) in [5, 5.41) is 19.6. The maximum absolute atomic E-state index is 12.7. The summed E-state index contributed by atoms with van der Waals surface area (Å²) in [5.74, 6) is -1.92. The molecule has 0 saturated carbocycles. The zero-order chi connectivity index (χ0) is 28.3. The lowest BCUT2D eigenvalue weighted by Crippen LogP contribution is -2.36. The molecule has 0 fully saturated rings. The van der Waals surface area contributed by atoms with Gasteiger partial charge in [-0.05, 0) is 37.5 Å². The summed E-state index contributed by atoms with van der Waals surface area (Å²) < 4.78 is 0. The van der Waals surface area contributed by atoms with Crippen molar-refractivity contribution < 1.29 is 19.8 Å². The van der Waals surface area contributed by atoms with Gasteiger partial charge in [0.2, 0.25) is 0 Å². The smallest absolute Gasteiger partial charge is 0.307 e. The first-order valence-corrected chi connectivity index (χ1v) is 16.9. The molecule has 0 rings (SSSR count). The summed E-state index contributed by atoms with van der Waals surface area (Å²) in [4.78, 5) is 23.9. The Bertz CT molecular complexity index is 529. The Morgan fingerprint density at radius 2 is 0.816 bits per heavy atom. The van der Waals surface area contributed by atoms with Gasteiger partial charge in [0.25, 0.3) is 0 Å². The maximum atomic E-state index is 12.7. The molecule has 0 heterocycles. The van der Waals surface area contributed by atoms with Crippen LogP contribution >= 0.6 is 0 Å². The van der Waals surface area contributed by atoms with Crippen molar-refractivity contribution in [3.63, 3.8) is 0 Å². The van der Waals surface area contributed by atoms with Gasteiger partial charge in [0, 0.05) is 6.42 Å². The summed E-state index contributed by atoms with van der Waals surface area (Å²) in [6.45, 7) is 6.74. The molecule has 0 aliphatic carbocycles. The molecule has 0 aromatic rings. The zero-order valence-electron chi connectivity index (χ0n) is 25.9. The van der Waals surface area contributed by atoms with E-state index < -0.39 is 17.9 Å². The molecule has 1 atom stereocenters. The molecular formula is C34H66O4. The number of unbranched alkanes of at least 4 members (excludes halogenated alkanes) is 18. The van der Waals surface area contributed by atoms with Gasteiger partial charge in [-0.2, -0.15) is 0 Å². The lowest BCUT2D eigenvalue weighted by molar-refractivity contribution is -0.149. The molecule has 0 spiro atoms.